The van der Waals surface area contributed by atoms with Crippen LogP contribution in [0, 0.1) is 0 Å². The highest BCUT2D eigenvalue weighted by Crippen LogP contribution is 2.32. The Morgan fingerprint density at radius 1 is 1.06 bits per heavy atom. The number of carboxylic acid groups (broad SMARTS) is 1. The smallest absolute Gasteiger partial charge is 0.307 e. The van der Waals surface area contributed by atoms with E-state index < -0.39 is 35.6 Å². The van der Waals surface area contributed by atoms with Gasteiger partial charge in [0.25, 0.3) is 11.8 Å². The van der Waals surface area contributed by atoms with Gasteiger partial charge in [-0.3, -0.25) is 34.2 Å². The number of fused-ring (bicyclic) bond motifs is 1. The lowest BCUT2D eigenvalue weighted by atomic mass is 10.0. The molecule has 4 amide bonds. The van der Waals surface area contributed by atoms with Crippen molar-refractivity contribution in [3.05, 3.63) is 59.2 Å². The van der Waals surface area contributed by atoms with Gasteiger partial charge < -0.3 is 19.9 Å². The minimum atomic E-state index is -1.02. The summed E-state index contributed by atoms with van der Waals surface area (Å²) in [6.45, 7) is 1.21. The van der Waals surface area contributed by atoms with Gasteiger partial charge in [0.15, 0.2) is 0 Å². The number of imide groups is 2. The second-order valence-corrected chi connectivity index (χ2v) is 8.28. The van der Waals surface area contributed by atoms with Crippen LogP contribution in [0.1, 0.15) is 39.1 Å². The fourth-order valence-electron chi connectivity index (χ4n) is 4.16. The fraction of sp³-hybridized carbons (Fsp3) is 0.320. The normalized spacial score (nSPS) is 17.1. The highest BCUT2D eigenvalue weighted by atomic mass is 16.5. The Balaban J connectivity index is 1.26. The summed E-state index contributed by atoms with van der Waals surface area (Å²) in [7, 11) is 0. The Hall–Kier alpha value is -4.25. The molecule has 2 heterocycles. The quantitative estimate of drug-likeness (QED) is 0.309. The number of rotatable bonds is 11. The number of amides is 4. The molecule has 1 saturated heterocycles. The molecule has 1 atom stereocenters. The Kier molecular flexibility index (Phi) is 7.59. The number of piperidine rings is 1. The number of carbonyl (C=O) groups excluding carboxylic acids is 4. The molecule has 4 rings (SSSR count). The van der Waals surface area contributed by atoms with Gasteiger partial charge in [-0.15, -0.1) is 0 Å². The summed E-state index contributed by atoms with van der Waals surface area (Å²) >= 11 is 0. The topological polar surface area (TPSA) is 151 Å². The number of nitrogens with one attached hydrogen (secondary N) is 2. The second-order valence-electron chi connectivity index (χ2n) is 8.28. The maximum absolute atomic E-state index is 13.1. The van der Waals surface area contributed by atoms with Crippen LogP contribution in [-0.4, -0.2) is 72.0 Å². The molecule has 0 saturated carbocycles. The van der Waals surface area contributed by atoms with Crippen LogP contribution in [-0.2, 0) is 25.5 Å². The number of nitrogens with zero attached hydrogens (tertiary/aromatic N) is 1. The third-order valence-corrected chi connectivity index (χ3v) is 5.78. The van der Waals surface area contributed by atoms with Gasteiger partial charge in [-0.2, -0.15) is 0 Å². The first-order chi connectivity index (χ1) is 17.3. The summed E-state index contributed by atoms with van der Waals surface area (Å²) in [5.41, 5.74) is 1.49. The molecule has 0 aliphatic carbocycles. The summed E-state index contributed by atoms with van der Waals surface area (Å²) in [4.78, 5) is 61.3. The Labute approximate surface area is 206 Å². The van der Waals surface area contributed by atoms with Crippen molar-refractivity contribution in [3.63, 3.8) is 0 Å². The van der Waals surface area contributed by atoms with E-state index in [-0.39, 0.29) is 37.0 Å². The van der Waals surface area contributed by atoms with Crippen LogP contribution in [0.2, 0.25) is 0 Å². The molecule has 11 heteroatoms. The summed E-state index contributed by atoms with van der Waals surface area (Å²) in [6, 6.07) is 10.7. The monoisotopic (exact) mass is 495 g/mol. The van der Waals surface area contributed by atoms with Crippen molar-refractivity contribution in [1.82, 2.24) is 10.2 Å². The largest absolute Gasteiger partial charge is 0.491 e. The minimum absolute atomic E-state index is 0.0593. The van der Waals surface area contributed by atoms with Gasteiger partial charge in [0.1, 0.15) is 18.4 Å². The molecule has 1 unspecified atom stereocenters. The van der Waals surface area contributed by atoms with E-state index in [2.05, 4.69) is 10.6 Å². The molecule has 0 aromatic heterocycles. The third kappa shape index (κ3) is 5.52. The molecular formula is C25H25N3O8. The average Bonchev–Trinajstić information content (AvgIpc) is 3.09. The van der Waals surface area contributed by atoms with Gasteiger partial charge in [0, 0.05) is 18.7 Å². The van der Waals surface area contributed by atoms with E-state index in [9.17, 15) is 24.0 Å². The molecule has 0 bridgehead atoms. The highest BCUT2D eigenvalue weighted by Gasteiger charge is 2.45. The van der Waals surface area contributed by atoms with Gasteiger partial charge in [-0.05, 0) is 36.2 Å². The molecule has 1 fully saturated rings. The molecule has 0 radical (unpaired) electrons. The zero-order valence-electron chi connectivity index (χ0n) is 19.3. The van der Waals surface area contributed by atoms with Gasteiger partial charge in [-0.1, -0.05) is 18.2 Å². The van der Waals surface area contributed by atoms with E-state index in [0.717, 1.165) is 4.90 Å². The van der Waals surface area contributed by atoms with Crippen molar-refractivity contribution < 1.29 is 38.6 Å². The average molecular weight is 495 g/mol. The van der Waals surface area contributed by atoms with Crippen LogP contribution in [0.3, 0.4) is 0 Å². The van der Waals surface area contributed by atoms with Crippen LogP contribution in [0.4, 0.5) is 5.69 Å². The number of carbonyl (C=O) groups is 5. The molecule has 3 N–H and O–H groups in total. The zero-order chi connectivity index (χ0) is 25.7. The van der Waals surface area contributed by atoms with Crippen LogP contribution < -0.4 is 15.4 Å². The van der Waals surface area contributed by atoms with Crippen LogP contribution in [0.25, 0.3) is 0 Å². The van der Waals surface area contributed by atoms with Crippen molar-refractivity contribution in [2.24, 2.45) is 0 Å². The maximum atomic E-state index is 13.1. The Morgan fingerprint density at radius 2 is 1.86 bits per heavy atom. The first-order valence-corrected chi connectivity index (χ1v) is 11.4. The first-order valence-electron chi connectivity index (χ1n) is 11.4. The predicted octanol–water partition coefficient (Wildman–Crippen LogP) is 1.22. The van der Waals surface area contributed by atoms with Crippen molar-refractivity contribution in [2.75, 3.05) is 31.7 Å². The van der Waals surface area contributed by atoms with Crippen molar-refractivity contribution in [1.29, 1.82) is 0 Å². The highest BCUT2D eigenvalue weighted by molar-refractivity contribution is 6.25. The van der Waals surface area contributed by atoms with E-state index >= 15 is 0 Å². The second kappa shape index (κ2) is 11.0. The third-order valence-electron chi connectivity index (χ3n) is 5.78. The lowest BCUT2D eigenvalue weighted by Crippen LogP contribution is -2.54. The predicted molar refractivity (Wildman–Crippen MR) is 126 cm³/mol. The standard InChI is InChI=1S/C25H25N3O8/c29-20-8-7-19(23(32)27-20)28-24(33)17-5-2-6-18(22(17)25(28)34)26-9-10-35-11-12-36-16-4-1-3-15(13-16)14-21(30)31/h1-6,13,19,26H,7-12,14H2,(H,30,31)(H,27,29,32). The zero-order valence-corrected chi connectivity index (χ0v) is 19.3. The number of benzene rings is 2. The Bertz CT molecular complexity index is 1210. The number of carboxylic acids is 1. The molecule has 36 heavy (non-hydrogen) atoms. The van der Waals surface area contributed by atoms with Gasteiger partial charge in [0.2, 0.25) is 11.8 Å². The van der Waals surface area contributed by atoms with Gasteiger partial charge in [-0.25, -0.2) is 0 Å². The summed E-state index contributed by atoms with van der Waals surface area (Å²) in [5, 5.41) is 14.2. The van der Waals surface area contributed by atoms with E-state index in [4.69, 9.17) is 14.6 Å². The number of aliphatic carboxylic acids is 1. The van der Waals surface area contributed by atoms with Gasteiger partial charge in [0.05, 0.1) is 30.8 Å². The van der Waals surface area contributed by atoms with Gasteiger partial charge >= 0.3 is 5.97 Å². The molecule has 2 aliphatic rings. The number of anilines is 1. The van der Waals surface area contributed by atoms with Crippen molar-refractivity contribution >= 4 is 35.3 Å². The molecular weight excluding hydrogens is 470 g/mol. The lowest BCUT2D eigenvalue weighted by Gasteiger charge is -2.27. The van der Waals surface area contributed by atoms with Crippen LogP contribution in [0.5, 0.6) is 5.75 Å². The molecule has 11 nitrogen and oxygen atoms in total. The van der Waals surface area contributed by atoms with Crippen LogP contribution >= 0.6 is 0 Å². The van der Waals surface area contributed by atoms with Crippen molar-refractivity contribution in [2.45, 2.75) is 25.3 Å². The molecule has 188 valence electrons. The van der Waals surface area contributed by atoms with E-state index in [0.29, 0.717) is 36.8 Å². The number of hydrogen-bond acceptors (Lipinski definition) is 8. The summed E-state index contributed by atoms with van der Waals surface area (Å²) < 4.78 is 11.1. The summed E-state index contributed by atoms with van der Waals surface area (Å²) in [6.07, 6.45) is 0.0738. The van der Waals surface area contributed by atoms with Crippen molar-refractivity contribution in [3.8, 4) is 5.75 Å². The SMILES string of the molecule is O=C(O)Cc1cccc(OCCOCCNc2cccc3c2C(=O)N(C2CCC(=O)NC2=O)C3=O)c1. The minimum Gasteiger partial charge on any atom is -0.491 e. The molecule has 2 aliphatic heterocycles. The van der Waals surface area contributed by atoms with E-state index in [1.54, 1.807) is 36.4 Å². The lowest BCUT2D eigenvalue weighted by molar-refractivity contribution is -0.137. The first kappa shape index (κ1) is 24.9. The van der Waals surface area contributed by atoms with E-state index in [1.165, 1.54) is 6.07 Å². The number of hydrogen-bond donors (Lipinski definition) is 3. The maximum Gasteiger partial charge on any atom is 0.307 e. The molecule has 0 spiro atoms. The fourth-order valence-corrected chi connectivity index (χ4v) is 4.16. The Morgan fingerprint density at radius 3 is 2.64 bits per heavy atom. The van der Waals surface area contributed by atoms with E-state index in [1.807, 2.05) is 0 Å². The summed E-state index contributed by atoms with van der Waals surface area (Å²) in [5.74, 6) is -2.58. The molecule has 2 aromatic carbocycles. The number of ether oxygens (including phenoxy) is 2. The van der Waals surface area contributed by atoms with Crippen LogP contribution in [0.15, 0.2) is 42.5 Å². The molecule has 2 aromatic rings.